The van der Waals surface area contributed by atoms with E-state index in [9.17, 15) is 0 Å². The van der Waals surface area contributed by atoms with E-state index in [-0.39, 0.29) is 34.9 Å². The lowest BCUT2D eigenvalue weighted by Gasteiger charge is -2.14. The molecule has 3 heterocycles. The molecule has 0 radical (unpaired) electrons. The monoisotopic (exact) mass is 922 g/mol. The van der Waals surface area contributed by atoms with E-state index in [1.165, 1.54) is 0 Å². The van der Waals surface area contributed by atoms with Crippen LogP contribution in [0.1, 0.15) is 65.4 Å². The molecule has 270 valence electrons. The summed E-state index contributed by atoms with van der Waals surface area (Å²) in [5.41, 5.74) is 0.757. The Balaban J connectivity index is 0.000000271. The average molecular weight is 928 g/mol. The molecule has 0 unspecified atom stereocenters. The summed E-state index contributed by atoms with van der Waals surface area (Å²) in [6.45, 7) is 2.07. The zero-order chi connectivity index (χ0) is 37.5. The first-order chi connectivity index (χ1) is 23.1. The van der Waals surface area contributed by atoms with Gasteiger partial charge in [-0.3, -0.25) is 0 Å². The second-order valence-corrected chi connectivity index (χ2v) is 18.7. The smallest absolute Gasteiger partial charge is 0.250 e. The molecule has 0 spiro atoms. The molecule has 4 aromatic rings. The van der Waals surface area contributed by atoms with Gasteiger partial charge in [-0.2, -0.15) is 0 Å². The molecule has 4 rings (SSSR count). The van der Waals surface area contributed by atoms with Crippen LogP contribution >= 0.6 is 139 Å². The molecule has 0 bridgehead atoms. The molecule has 3 aromatic heterocycles. The molecule has 9 nitrogen and oxygen atoms in total. The predicted octanol–water partition coefficient (Wildman–Crippen LogP) is 12.0. The van der Waals surface area contributed by atoms with E-state index in [0.29, 0.717) is 17.3 Å². The van der Waals surface area contributed by atoms with Crippen LogP contribution in [0.3, 0.4) is 0 Å². The molecule has 0 aliphatic carbocycles. The molecule has 0 saturated carbocycles. The van der Waals surface area contributed by atoms with Crippen molar-refractivity contribution in [1.82, 2.24) is 29.9 Å². The fraction of sp³-hybridized carbons (Fsp3) is 0.310. The Morgan fingerprint density at radius 1 is 0.560 bits per heavy atom. The zero-order valence-electron chi connectivity index (χ0n) is 25.6. The van der Waals surface area contributed by atoms with Gasteiger partial charge in [0.2, 0.25) is 15.2 Å². The van der Waals surface area contributed by atoms with E-state index < -0.39 is 15.2 Å². The zero-order valence-corrected chi connectivity index (χ0v) is 34.6. The third kappa shape index (κ3) is 13.8. The molecule has 1 aromatic carbocycles. The van der Waals surface area contributed by atoms with E-state index in [4.69, 9.17) is 153 Å². The highest BCUT2D eigenvalue weighted by Gasteiger charge is 2.34. The van der Waals surface area contributed by atoms with Crippen LogP contribution in [-0.2, 0) is 21.6 Å². The van der Waals surface area contributed by atoms with Gasteiger partial charge in [-0.1, -0.05) is 152 Å². The van der Waals surface area contributed by atoms with Crippen LogP contribution in [0.4, 0.5) is 0 Å². The van der Waals surface area contributed by atoms with Crippen LogP contribution in [0.25, 0.3) is 24.3 Å². The number of methoxy groups -OCH3 is 2. The van der Waals surface area contributed by atoms with Crippen LogP contribution in [-0.4, -0.2) is 44.1 Å². The van der Waals surface area contributed by atoms with Gasteiger partial charge < -0.3 is 13.9 Å². The van der Waals surface area contributed by atoms with Gasteiger partial charge in [0, 0.05) is 12.5 Å². The molecule has 0 atom stereocenters. The van der Waals surface area contributed by atoms with Crippen molar-refractivity contribution in [3.63, 3.8) is 0 Å². The van der Waals surface area contributed by atoms with Crippen LogP contribution in [0.5, 0.6) is 11.5 Å². The third-order valence-corrected chi connectivity index (χ3v) is 7.72. The summed E-state index contributed by atoms with van der Waals surface area (Å²) in [7, 11) is 3.10. The third-order valence-electron chi connectivity index (χ3n) is 5.69. The van der Waals surface area contributed by atoms with Crippen LogP contribution < -0.4 is 9.47 Å². The molecule has 0 amide bonds. The quantitative estimate of drug-likeness (QED) is 0.160. The lowest BCUT2D eigenvalue weighted by molar-refractivity contribution is 0.394. The van der Waals surface area contributed by atoms with Gasteiger partial charge in [0.15, 0.2) is 34.9 Å². The Kier molecular flexibility index (Phi) is 16.0. The molecule has 0 aliphatic heterocycles. The maximum Gasteiger partial charge on any atom is 0.250 e. The Morgan fingerprint density at radius 3 is 1.32 bits per heavy atom. The second kappa shape index (κ2) is 18.4. The van der Waals surface area contributed by atoms with E-state index in [2.05, 4.69) is 36.8 Å². The second-order valence-electron chi connectivity index (χ2n) is 9.54. The van der Waals surface area contributed by atoms with E-state index in [0.717, 1.165) is 24.2 Å². The number of hydrogen-bond acceptors (Lipinski definition) is 9. The van der Waals surface area contributed by atoms with Gasteiger partial charge in [0.1, 0.15) is 23.0 Å². The number of hydrogen-bond donors (Lipinski definition) is 0. The van der Waals surface area contributed by atoms with Gasteiger partial charge in [-0.05, 0) is 54.5 Å². The number of furan rings is 1. The summed E-state index contributed by atoms with van der Waals surface area (Å²) in [5, 5.41) is 0. The fourth-order valence-corrected chi connectivity index (χ4v) is 4.57. The normalized spacial score (nSPS) is 12.7. The van der Waals surface area contributed by atoms with E-state index in [1.807, 2.05) is 12.1 Å². The van der Waals surface area contributed by atoms with Crippen molar-refractivity contribution in [3.05, 3.63) is 82.4 Å². The molecule has 21 heteroatoms. The van der Waals surface area contributed by atoms with Crippen molar-refractivity contribution < 1.29 is 13.9 Å². The number of halogens is 12. The lowest BCUT2D eigenvalue weighted by Crippen LogP contribution is -2.16. The van der Waals surface area contributed by atoms with Crippen molar-refractivity contribution >= 4 is 164 Å². The minimum atomic E-state index is -1.91. The highest BCUT2D eigenvalue weighted by atomic mass is 35.6. The van der Waals surface area contributed by atoms with Gasteiger partial charge in [0.25, 0.3) is 0 Å². The Morgan fingerprint density at radius 2 is 0.960 bits per heavy atom. The number of ether oxygens (including phenoxy) is 2. The molecule has 50 heavy (non-hydrogen) atoms. The first kappa shape index (κ1) is 43.5. The molecule has 0 saturated heterocycles. The number of nitrogens with zero attached hydrogens (tertiary/aromatic N) is 6. The summed E-state index contributed by atoms with van der Waals surface area (Å²) < 4.78 is 8.49. The van der Waals surface area contributed by atoms with Crippen molar-refractivity contribution in [2.24, 2.45) is 0 Å². The topological polar surface area (TPSA) is 109 Å². The van der Waals surface area contributed by atoms with Crippen LogP contribution in [0.2, 0.25) is 0 Å². The number of benzene rings is 1. The minimum Gasteiger partial charge on any atom is -0.497 e. The minimum absolute atomic E-state index is 0.143. The summed E-state index contributed by atoms with van der Waals surface area (Å²) in [5.74, 6) is 2.44. The Hall–Kier alpha value is -0.920. The SMILES string of the molecule is CCCc1ccc(/C=C/c2nc(C(Cl)(Cl)Cl)nc(C(Cl)(Cl)Cl)n2)o1.COc1cc(/C=C/c2nc(C(Cl)(Cl)Cl)nc(C(Cl)(Cl)Cl)n2)cc(OC)c1. The Labute approximate surface area is 347 Å². The highest BCUT2D eigenvalue weighted by molar-refractivity contribution is 6.68. The van der Waals surface area contributed by atoms with Gasteiger partial charge in [0.05, 0.1) is 14.2 Å². The maximum atomic E-state index is 5.84. The number of aromatic nitrogens is 6. The number of aryl methyl sites for hydroxylation is 1. The fourth-order valence-electron chi connectivity index (χ4n) is 3.56. The Bertz CT molecular complexity index is 1730. The molecule has 0 aliphatic rings. The standard InChI is InChI=1S/C15H11Cl6N3O2.C14H11Cl6N3O/c1-25-9-5-8(6-10(7-9)26-2)3-4-11-22-12(14(16,17)18)24-13(23-11)15(19,20)21;1-2-3-8-4-5-9(24-8)6-7-10-21-11(13(15,16)17)23-12(22-10)14(18,19)20/h3-7H,1-2H3;4-7H,2-3H2,1H3/b4-3+;7-6+. The van der Waals surface area contributed by atoms with E-state index in [1.54, 1.807) is 56.7 Å². The van der Waals surface area contributed by atoms with Gasteiger partial charge >= 0.3 is 0 Å². The predicted molar refractivity (Wildman–Crippen MR) is 207 cm³/mol. The van der Waals surface area contributed by atoms with Gasteiger partial charge in [-0.25, -0.2) is 29.9 Å². The van der Waals surface area contributed by atoms with Crippen LogP contribution in [0.15, 0.2) is 34.7 Å². The molecular formula is C29H22Cl12N6O3. The summed E-state index contributed by atoms with van der Waals surface area (Å²) in [6, 6.07) is 9.03. The van der Waals surface area contributed by atoms with Crippen molar-refractivity contribution in [1.29, 1.82) is 0 Å². The maximum absolute atomic E-state index is 5.84. The summed E-state index contributed by atoms with van der Waals surface area (Å²) in [6.07, 6.45) is 8.31. The summed E-state index contributed by atoms with van der Waals surface area (Å²) in [4.78, 5) is 24.0. The van der Waals surface area contributed by atoms with Crippen molar-refractivity contribution in [2.45, 2.75) is 34.9 Å². The summed E-state index contributed by atoms with van der Waals surface area (Å²) >= 11 is 69.9. The first-order valence-corrected chi connectivity index (χ1v) is 18.1. The van der Waals surface area contributed by atoms with Gasteiger partial charge in [-0.15, -0.1) is 0 Å². The molecular weight excluding hydrogens is 906 g/mol. The lowest BCUT2D eigenvalue weighted by atomic mass is 10.2. The van der Waals surface area contributed by atoms with Crippen molar-refractivity contribution in [2.75, 3.05) is 14.2 Å². The van der Waals surface area contributed by atoms with Crippen LogP contribution in [0, 0.1) is 0 Å². The first-order valence-electron chi connectivity index (χ1n) is 13.6. The van der Waals surface area contributed by atoms with Crippen molar-refractivity contribution in [3.8, 4) is 11.5 Å². The molecule has 0 fully saturated rings. The highest BCUT2D eigenvalue weighted by Crippen LogP contribution is 2.41. The average Bonchev–Trinajstić information content (AvgIpc) is 3.48. The number of alkyl halides is 12. The largest absolute Gasteiger partial charge is 0.497 e. The molecule has 0 N–H and O–H groups in total. The number of rotatable bonds is 8. The van der Waals surface area contributed by atoms with E-state index >= 15 is 0 Å².